The molecule has 5 nitrogen and oxygen atoms in total. The van der Waals surface area contributed by atoms with Gasteiger partial charge in [-0.25, -0.2) is 4.98 Å². The summed E-state index contributed by atoms with van der Waals surface area (Å²) in [5.74, 6) is 0. The molecule has 0 aliphatic heterocycles. The first-order chi connectivity index (χ1) is 6.86. The van der Waals surface area contributed by atoms with Crippen LogP contribution in [-0.4, -0.2) is 27.9 Å². The van der Waals surface area contributed by atoms with E-state index in [0.717, 1.165) is 12.1 Å². The van der Waals surface area contributed by atoms with Gasteiger partial charge in [-0.2, -0.15) is 5.26 Å². The number of aromatic amines is 1. The third-order valence-electron chi connectivity index (χ3n) is 1.55. The summed E-state index contributed by atoms with van der Waals surface area (Å²) in [5, 5.41) is 11.5. The van der Waals surface area contributed by atoms with E-state index in [1.54, 1.807) is 12.5 Å². The number of nitrogens with zero attached hydrogens (tertiary/aromatic N) is 3. The van der Waals surface area contributed by atoms with Gasteiger partial charge in [0.25, 0.3) is 0 Å². The van der Waals surface area contributed by atoms with E-state index in [0.29, 0.717) is 11.7 Å². The molecule has 0 aromatic carbocycles. The second-order valence-electron chi connectivity index (χ2n) is 2.45. The van der Waals surface area contributed by atoms with Gasteiger partial charge in [0.15, 0.2) is 11.4 Å². The number of rotatable bonds is 3. The molecule has 0 unspecified atom stereocenters. The predicted molar refractivity (Wildman–Crippen MR) is 56.9 cm³/mol. The van der Waals surface area contributed by atoms with Gasteiger partial charge in [-0.05, 0) is 6.26 Å². The van der Waals surface area contributed by atoms with E-state index in [1.165, 1.54) is 11.8 Å². The molecule has 1 aromatic heterocycles. The monoisotopic (exact) mass is 209 g/mol. The van der Waals surface area contributed by atoms with Crippen LogP contribution in [-0.2, 0) is 6.42 Å². The maximum absolute atomic E-state index is 8.38. The number of imidazole rings is 1. The van der Waals surface area contributed by atoms with Crippen LogP contribution in [0.5, 0.6) is 0 Å². The summed E-state index contributed by atoms with van der Waals surface area (Å²) >= 11 is 1.42. The fourth-order valence-electron chi connectivity index (χ4n) is 0.902. The molecule has 0 amide bonds. The van der Waals surface area contributed by atoms with Crippen molar-refractivity contribution in [2.24, 2.45) is 4.99 Å². The highest BCUT2D eigenvalue weighted by molar-refractivity contribution is 8.13. The van der Waals surface area contributed by atoms with Crippen LogP contribution in [0.1, 0.15) is 5.69 Å². The Morgan fingerprint density at radius 1 is 1.86 bits per heavy atom. The van der Waals surface area contributed by atoms with E-state index in [1.807, 2.05) is 12.4 Å². The molecule has 0 bridgehead atoms. The first kappa shape index (κ1) is 10.6. The van der Waals surface area contributed by atoms with Crippen molar-refractivity contribution in [3.63, 3.8) is 0 Å². The summed E-state index contributed by atoms with van der Waals surface area (Å²) in [6.45, 7) is 0.646. The molecule has 0 spiro atoms. The van der Waals surface area contributed by atoms with Crippen LogP contribution in [0.3, 0.4) is 0 Å². The molecule has 14 heavy (non-hydrogen) atoms. The van der Waals surface area contributed by atoms with Crippen LogP contribution in [0.25, 0.3) is 0 Å². The third-order valence-corrected chi connectivity index (χ3v) is 2.17. The van der Waals surface area contributed by atoms with E-state index < -0.39 is 0 Å². The first-order valence-electron chi connectivity index (χ1n) is 4.07. The second kappa shape index (κ2) is 6.05. The molecule has 0 saturated heterocycles. The maximum atomic E-state index is 8.38. The Labute approximate surface area is 86.6 Å². The van der Waals surface area contributed by atoms with Crippen molar-refractivity contribution in [1.29, 1.82) is 5.26 Å². The number of H-pyrrole nitrogens is 1. The first-order valence-corrected chi connectivity index (χ1v) is 5.30. The van der Waals surface area contributed by atoms with Crippen molar-refractivity contribution in [3.05, 3.63) is 18.2 Å². The predicted octanol–water partition coefficient (Wildman–Crippen LogP) is 0.742. The third kappa shape index (κ3) is 3.49. The molecule has 0 atom stereocenters. The Bertz CT molecular complexity index is 324. The summed E-state index contributed by atoms with van der Waals surface area (Å²) in [5.41, 5.74) is 1.05. The molecule has 0 aliphatic carbocycles. The average molecular weight is 209 g/mol. The minimum Gasteiger partial charge on any atom is -0.348 e. The zero-order chi connectivity index (χ0) is 10.2. The Kier molecular flexibility index (Phi) is 4.58. The molecule has 0 fully saturated rings. The fraction of sp³-hybridized carbons (Fsp3) is 0.375. The van der Waals surface area contributed by atoms with E-state index >= 15 is 0 Å². The van der Waals surface area contributed by atoms with Gasteiger partial charge in [0.1, 0.15) is 0 Å². The van der Waals surface area contributed by atoms with Gasteiger partial charge in [0, 0.05) is 24.9 Å². The highest BCUT2D eigenvalue weighted by Gasteiger charge is 1.95. The van der Waals surface area contributed by atoms with Crippen LogP contribution < -0.4 is 5.32 Å². The quantitative estimate of drug-likeness (QED) is 0.333. The lowest BCUT2D eigenvalue weighted by Crippen LogP contribution is -2.13. The summed E-state index contributed by atoms with van der Waals surface area (Å²) in [7, 11) is 0. The van der Waals surface area contributed by atoms with Crippen molar-refractivity contribution >= 4 is 16.9 Å². The number of amidine groups is 1. The Morgan fingerprint density at radius 3 is 3.29 bits per heavy atom. The molecule has 1 heterocycles. The molecule has 0 aliphatic rings. The standard InChI is InChI=1S/C8H11N5S/c1-14-8(12-5-9)11-3-2-7-4-10-6-13-7/h4,6H,2-3H2,1H3,(H,10,13)(H,11,12). The highest BCUT2D eigenvalue weighted by Crippen LogP contribution is 1.97. The lowest BCUT2D eigenvalue weighted by molar-refractivity contribution is 0.932. The van der Waals surface area contributed by atoms with Crippen molar-refractivity contribution in [2.45, 2.75) is 6.42 Å². The van der Waals surface area contributed by atoms with Gasteiger partial charge in [-0.1, -0.05) is 11.8 Å². The molecule has 1 rings (SSSR count). The van der Waals surface area contributed by atoms with Gasteiger partial charge in [0.2, 0.25) is 0 Å². The smallest absolute Gasteiger partial charge is 0.183 e. The minimum atomic E-state index is 0.645. The van der Waals surface area contributed by atoms with Gasteiger partial charge in [-0.15, -0.1) is 0 Å². The largest absolute Gasteiger partial charge is 0.348 e. The summed E-state index contributed by atoms with van der Waals surface area (Å²) in [6.07, 6.45) is 7.93. The van der Waals surface area contributed by atoms with E-state index in [9.17, 15) is 0 Å². The lowest BCUT2D eigenvalue weighted by atomic mass is 10.3. The van der Waals surface area contributed by atoms with Crippen LogP contribution in [0.15, 0.2) is 17.5 Å². The molecule has 2 N–H and O–H groups in total. The fourth-order valence-corrected chi connectivity index (χ4v) is 1.27. The molecule has 74 valence electrons. The zero-order valence-corrected chi connectivity index (χ0v) is 8.64. The summed E-state index contributed by atoms with van der Waals surface area (Å²) in [6, 6.07) is 0. The highest BCUT2D eigenvalue weighted by atomic mass is 32.2. The topological polar surface area (TPSA) is 76.9 Å². The number of hydrogen-bond acceptors (Lipinski definition) is 4. The number of nitrogens with one attached hydrogen (secondary N) is 2. The molecule has 0 saturated carbocycles. The maximum Gasteiger partial charge on any atom is 0.183 e. The molecule has 1 aromatic rings. The van der Waals surface area contributed by atoms with Crippen LogP contribution in [0.4, 0.5) is 0 Å². The molecular weight excluding hydrogens is 198 g/mol. The van der Waals surface area contributed by atoms with Crippen LogP contribution >= 0.6 is 11.8 Å². The number of nitriles is 1. The Morgan fingerprint density at radius 2 is 2.71 bits per heavy atom. The second-order valence-corrected chi connectivity index (χ2v) is 3.25. The normalized spacial score (nSPS) is 11.0. The van der Waals surface area contributed by atoms with Crippen molar-refractivity contribution in [2.75, 3.05) is 12.8 Å². The molecule has 0 radical (unpaired) electrons. The van der Waals surface area contributed by atoms with Crippen LogP contribution in [0, 0.1) is 11.5 Å². The van der Waals surface area contributed by atoms with Crippen molar-refractivity contribution < 1.29 is 0 Å². The van der Waals surface area contributed by atoms with Gasteiger partial charge in [0.05, 0.1) is 6.33 Å². The number of aromatic nitrogens is 2. The van der Waals surface area contributed by atoms with Crippen molar-refractivity contribution in [3.8, 4) is 6.19 Å². The van der Waals surface area contributed by atoms with Crippen LogP contribution in [0.2, 0.25) is 0 Å². The van der Waals surface area contributed by atoms with E-state index in [2.05, 4.69) is 20.3 Å². The zero-order valence-electron chi connectivity index (χ0n) is 7.82. The van der Waals surface area contributed by atoms with Gasteiger partial charge in [-0.3, -0.25) is 10.3 Å². The van der Waals surface area contributed by atoms with Gasteiger partial charge < -0.3 is 4.98 Å². The van der Waals surface area contributed by atoms with Gasteiger partial charge >= 0.3 is 0 Å². The Balaban J connectivity index is 2.35. The minimum absolute atomic E-state index is 0.645. The SMILES string of the molecule is CSC(=NCCc1cnc[nH]1)NC#N. The van der Waals surface area contributed by atoms with E-state index in [-0.39, 0.29) is 0 Å². The molecular formula is C8H11N5S. The number of hydrogen-bond donors (Lipinski definition) is 2. The van der Waals surface area contributed by atoms with Crippen molar-refractivity contribution in [1.82, 2.24) is 15.3 Å². The molecule has 6 heteroatoms. The van der Waals surface area contributed by atoms with E-state index in [4.69, 9.17) is 5.26 Å². The summed E-state index contributed by atoms with van der Waals surface area (Å²) in [4.78, 5) is 11.1. The number of aliphatic imine (C=N–C) groups is 1. The number of thioether (sulfide) groups is 1. The Hall–Kier alpha value is -1.48. The summed E-state index contributed by atoms with van der Waals surface area (Å²) < 4.78 is 0. The lowest BCUT2D eigenvalue weighted by Gasteiger charge is -1.98. The average Bonchev–Trinajstić information content (AvgIpc) is 2.69.